The molecule has 27 heavy (non-hydrogen) atoms. The van der Waals surface area contributed by atoms with Gasteiger partial charge in [0.05, 0.1) is 4.92 Å². The van der Waals surface area contributed by atoms with Gasteiger partial charge in [-0.3, -0.25) is 10.1 Å². The number of non-ortho nitro benzene ring substituents is 1. The largest absolute Gasteiger partial charge is 0.458 e. The topological polar surface area (TPSA) is 106 Å². The molecule has 1 aromatic heterocycles. The summed E-state index contributed by atoms with van der Waals surface area (Å²) in [7, 11) is 0. The molecule has 0 saturated heterocycles. The molecule has 1 aliphatic rings. The van der Waals surface area contributed by atoms with Crippen LogP contribution in [0.15, 0.2) is 46.4 Å². The van der Waals surface area contributed by atoms with Gasteiger partial charge in [-0.25, -0.2) is 4.79 Å². The molecule has 138 valence electrons. The first kappa shape index (κ1) is 18.4. The normalized spacial score (nSPS) is 15.1. The first-order valence-electron chi connectivity index (χ1n) is 8.74. The number of benzene rings is 1. The van der Waals surface area contributed by atoms with Crippen LogP contribution in [0.2, 0.25) is 0 Å². The SMILES string of the molecule is N#CC(=Cc1ccc(-c2ccc([N+](=O)[O-])cc2)o1)C(=O)OC1CCCCC1. The van der Waals surface area contributed by atoms with Crippen LogP contribution in [-0.4, -0.2) is 17.0 Å². The number of nitro groups is 1. The number of esters is 1. The molecule has 1 heterocycles. The minimum atomic E-state index is -0.641. The number of hydrogen-bond donors (Lipinski definition) is 0. The van der Waals surface area contributed by atoms with Crippen LogP contribution in [0.4, 0.5) is 5.69 Å². The number of furan rings is 1. The van der Waals surface area contributed by atoms with Crippen LogP contribution >= 0.6 is 0 Å². The van der Waals surface area contributed by atoms with E-state index in [0.29, 0.717) is 17.1 Å². The van der Waals surface area contributed by atoms with E-state index < -0.39 is 10.9 Å². The molecule has 7 nitrogen and oxygen atoms in total. The summed E-state index contributed by atoms with van der Waals surface area (Å²) < 4.78 is 11.0. The van der Waals surface area contributed by atoms with Crippen molar-refractivity contribution in [3.8, 4) is 17.4 Å². The van der Waals surface area contributed by atoms with Crippen molar-refractivity contribution in [1.29, 1.82) is 5.26 Å². The summed E-state index contributed by atoms with van der Waals surface area (Å²) in [5.74, 6) is 0.173. The monoisotopic (exact) mass is 366 g/mol. The molecule has 1 aromatic carbocycles. The first-order valence-corrected chi connectivity index (χ1v) is 8.74. The number of hydrogen-bond acceptors (Lipinski definition) is 6. The predicted octanol–water partition coefficient (Wildman–Crippen LogP) is 4.64. The molecule has 0 bridgehead atoms. The minimum absolute atomic E-state index is 0.0114. The number of carbonyl (C=O) groups excluding carboxylic acids is 1. The number of ether oxygens (including phenoxy) is 1. The average molecular weight is 366 g/mol. The average Bonchev–Trinajstić information content (AvgIpc) is 3.15. The summed E-state index contributed by atoms with van der Waals surface area (Å²) in [4.78, 5) is 22.4. The van der Waals surface area contributed by atoms with Crippen LogP contribution in [-0.2, 0) is 9.53 Å². The second-order valence-electron chi connectivity index (χ2n) is 6.34. The molecular formula is C20H18N2O5. The summed E-state index contributed by atoms with van der Waals surface area (Å²) >= 11 is 0. The van der Waals surface area contributed by atoms with Crippen LogP contribution in [0, 0.1) is 21.4 Å². The summed E-state index contributed by atoms with van der Waals surface area (Å²) in [5.41, 5.74) is 0.524. The second kappa shape index (κ2) is 8.32. The van der Waals surface area contributed by atoms with Gasteiger partial charge in [-0.15, -0.1) is 0 Å². The minimum Gasteiger partial charge on any atom is -0.458 e. The third-order valence-electron chi connectivity index (χ3n) is 4.44. The molecule has 1 saturated carbocycles. The van der Waals surface area contributed by atoms with E-state index in [1.165, 1.54) is 18.2 Å². The number of nitriles is 1. The van der Waals surface area contributed by atoms with Gasteiger partial charge in [0.1, 0.15) is 29.3 Å². The Morgan fingerprint density at radius 1 is 1.19 bits per heavy atom. The van der Waals surface area contributed by atoms with Gasteiger partial charge in [-0.05, 0) is 49.9 Å². The third-order valence-corrected chi connectivity index (χ3v) is 4.44. The second-order valence-corrected chi connectivity index (χ2v) is 6.34. The molecule has 0 unspecified atom stereocenters. The maximum absolute atomic E-state index is 12.2. The predicted molar refractivity (Wildman–Crippen MR) is 97.4 cm³/mol. The van der Waals surface area contributed by atoms with Crippen molar-refractivity contribution < 1.29 is 18.9 Å². The quantitative estimate of drug-likeness (QED) is 0.251. The lowest BCUT2D eigenvalue weighted by molar-refractivity contribution is -0.384. The summed E-state index contributed by atoms with van der Waals surface area (Å²) in [6, 6.07) is 11.1. The molecule has 1 aliphatic carbocycles. The maximum Gasteiger partial charge on any atom is 0.349 e. The van der Waals surface area contributed by atoms with Crippen LogP contribution in [0.3, 0.4) is 0 Å². The van der Waals surface area contributed by atoms with Crippen molar-refractivity contribution in [3.05, 3.63) is 57.8 Å². The molecule has 0 radical (unpaired) electrons. The zero-order chi connectivity index (χ0) is 19.2. The Bertz CT molecular complexity index is 899. The van der Waals surface area contributed by atoms with Gasteiger partial charge in [-0.2, -0.15) is 5.26 Å². The van der Waals surface area contributed by atoms with Gasteiger partial charge in [-0.1, -0.05) is 6.42 Å². The molecule has 0 atom stereocenters. The van der Waals surface area contributed by atoms with Gasteiger partial charge < -0.3 is 9.15 Å². The Balaban J connectivity index is 1.72. The lowest BCUT2D eigenvalue weighted by atomic mass is 9.98. The Morgan fingerprint density at radius 3 is 2.52 bits per heavy atom. The van der Waals surface area contributed by atoms with Crippen molar-refractivity contribution in [2.24, 2.45) is 0 Å². The van der Waals surface area contributed by atoms with Crippen molar-refractivity contribution >= 4 is 17.7 Å². The van der Waals surface area contributed by atoms with Gasteiger partial charge in [0.25, 0.3) is 5.69 Å². The maximum atomic E-state index is 12.2. The van der Waals surface area contributed by atoms with Crippen LogP contribution in [0.1, 0.15) is 37.9 Å². The molecule has 7 heteroatoms. The lowest BCUT2D eigenvalue weighted by Gasteiger charge is -2.21. The molecule has 0 N–H and O–H groups in total. The fourth-order valence-corrected chi connectivity index (χ4v) is 3.01. The van der Waals surface area contributed by atoms with Crippen LogP contribution < -0.4 is 0 Å². The Kier molecular flexibility index (Phi) is 5.67. The molecule has 1 fully saturated rings. The Labute approximate surface area is 156 Å². The molecule has 3 rings (SSSR count). The van der Waals surface area contributed by atoms with Crippen molar-refractivity contribution in [2.45, 2.75) is 38.2 Å². The number of carbonyl (C=O) groups is 1. The highest BCUT2D eigenvalue weighted by atomic mass is 16.6. The third kappa shape index (κ3) is 4.61. The smallest absolute Gasteiger partial charge is 0.349 e. The Morgan fingerprint density at radius 2 is 1.89 bits per heavy atom. The van der Waals surface area contributed by atoms with Crippen LogP contribution in [0.25, 0.3) is 17.4 Å². The highest BCUT2D eigenvalue weighted by molar-refractivity contribution is 5.97. The van der Waals surface area contributed by atoms with Gasteiger partial charge >= 0.3 is 5.97 Å². The number of nitro benzene ring substituents is 1. The number of nitrogens with zero attached hydrogens (tertiary/aromatic N) is 2. The van der Waals surface area contributed by atoms with E-state index in [1.54, 1.807) is 24.3 Å². The van der Waals surface area contributed by atoms with E-state index in [1.807, 2.05) is 6.07 Å². The first-order chi connectivity index (χ1) is 13.1. The van der Waals surface area contributed by atoms with Crippen LogP contribution in [0.5, 0.6) is 0 Å². The summed E-state index contributed by atoms with van der Waals surface area (Å²) in [6.07, 6.45) is 6.08. The zero-order valence-corrected chi connectivity index (χ0v) is 14.6. The van der Waals surface area contributed by atoms with E-state index in [-0.39, 0.29) is 17.4 Å². The van der Waals surface area contributed by atoms with Gasteiger partial charge in [0.15, 0.2) is 0 Å². The molecule has 0 amide bonds. The fraction of sp³-hybridized carbons (Fsp3) is 0.300. The zero-order valence-electron chi connectivity index (χ0n) is 14.6. The Hall–Kier alpha value is -3.40. The van der Waals surface area contributed by atoms with E-state index in [9.17, 15) is 20.2 Å². The van der Waals surface area contributed by atoms with Gasteiger partial charge in [0, 0.05) is 23.8 Å². The lowest BCUT2D eigenvalue weighted by Crippen LogP contribution is -2.21. The van der Waals surface area contributed by atoms with Crippen molar-refractivity contribution in [1.82, 2.24) is 0 Å². The summed E-state index contributed by atoms with van der Waals surface area (Å²) in [5, 5.41) is 20.0. The molecular weight excluding hydrogens is 348 g/mol. The highest BCUT2D eigenvalue weighted by Crippen LogP contribution is 2.26. The van der Waals surface area contributed by atoms with E-state index in [4.69, 9.17) is 9.15 Å². The van der Waals surface area contributed by atoms with Crippen molar-refractivity contribution in [3.63, 3.8) is 0 Å². The number of rotatable bonds is 5. The molecule has 0 aliphatic heterocycles. The van der Waals surface area contributed by atoms with Crippen molar-refractivity contribution in [2.75, 3.05) is 0 Å². The van der Waals surface area contributed by atoms with E-state index in [2.05, 4.69) is 0 Å². The molecule has 2 aromatic rings. The van der Waals surface area contributed by atoms with E-state index in [0.717, 1.165) is 32.1 Å². The fourth-order valence-electron chi connectivity index (χ4n) is 3.01. The molecule has 0 spiro atoms. The summed E-state index contributed by atoms with van der Waals surface area (Å²) in [6.45, 7) is 0. The standard InChI is InChI=1S/C20H18N2O5/c21-13-15(20(23)27-17-4-2-1-3-5-17)12-18-10-11-19(26-18)14-6-8-16(9-7-14)22(24)25/h6-12,17H,1-5H2. The highest BCUT2D eigenvalue weighted by Gasteiger charge is 2.20. The van der Waals surface area contributed by atoms with E-state index >= 15 is 0 Å². The van der Waals surface area contributed by atoms with Gasteiger partial charge in [0.2, 0.25) is 0 Å².